The van der Waals surface area contributed by atoms with Gasteiger partial charge in [0, 0.05) is 30.2 Å². The summed E-state index contributed by atoms with van der Waals surface area (Å²) in [6.07, 6.45) is -56.2. The Labute approximate surface area is 173 Å². The molecule has 21 heavy (non-hydrogen) atoms. The Bertz CT molecular complexity index is 1310. The van der Waals surface area contributed by atoms with Crippen LogP contribution in [0.4, 0.5) is 0 Å². The molecular weight excluding hydrogens is 262 g/mol. The van der Waals surface area contributed by atoms with E-state index in [1.165, 1.54) is 0 Å². The summed E-state index contributed by atoms with van der Waals surface area (Å²) in [5.74, 6) is 0. The standard InChI is InChI=1S/C18H37NO2/c1-2-3-4-5-6-7-8-9-10-11-12-13-14-15-18(21)17(19)16-20/h14-15,17-18,20-21H,2-13,16,19H2,1H3/b15-14+/t17-,18+/m0/s1/i3D2,4D2,5D2,6D2,7D2,8D2,9D2,10D2,11D2,12D2,13D2,14D,15D,16D2,17D,18D/hD2. The smallest absolute Gasteiger partial charge is 0.119 e. The number of allylic oxidation sites excluding steroid dienone is 1. The first-order chi connectivity index (χ1) is 21.6. The number of nitrogens with two attached hydrogens (primary N) is 1. The van der Waals surface area contributed by atoms with Gasteiger partial charge in [-0.25, -0.2) is 0 Å². The van der Waals surface area contributed by atoms with Crippen LogP contribution in [0.3, 0.4) is 0 Å². The summed E-state index contributed by atoms with van der Waals surface area (Å²) in [7, 11) is 0. The van der Waals surface area contributed by atoms with E-state index in [-0.39, 0.29) is 0 Å². The highest BCUT2D eigenvalue weighted by Crippen LogP contribution is 2.12. The SMILES string of the molecule is [2H]/C(=C(/[2H])[C@@]([2H])(O)[C@@]([2H])(N([2H])[2H])C([2H])([2H])O)C([2H])([2H])C([2H])([2H])C([2H])([2H])C([2H])([2H])C([2H])([2H])C([2H])([2H])C([2H])([2H])C([2H])([2H])C([2H])([2H])C([2H])([2H])C([2H])([2H])CC. The van der Waals surface area contributed by atoms with E-state index in [2.05, 4.69) is 0 Å². The van der Waals surface area contributed by atoms with Gasteiger partial charge >= 0.3 is 0 Å². The van der Waals surface area contributed by atoms with Crippen LogP contribution >= 0.6 is 0 Å². The molecule has 0 radical (unpaired) electrons. The molecule has 0 rings (SSSR count). The van der Waals surface area contributed by atoms with E-state index in [4.69, 9.17) is 41.2 Å². The quantitative estimate of drug-likeness (QED) is 0.376. The summed E-state index contributed by atoms with van der Waals surface area (Å²) in [5, 5.41) is 20.1. The maximum atomic E-state index is 10.5. The fourth-order valence-electron chi connectivity index (χ4n) is 0.616. The van der Waals surface area contributed by atoms with E-state index >= 15 is 0 Å². The lowest BCUT2D eigenvalue weighted by Crippen LogP contribution is -2.36. The molecule has 2 atom stereocenters. The number of aliphatic hydroxyl groups is 2. The third-order valence-electron chi connectivity index (χ3n) is 1.40. The van der Waals surface area contributed by atoms with Crippen LogP contribution in [0, 0.1) is 0 Å². The lowest BCUT2D eigenvalue weighted by atomic mass is 10.0. The van der Waals surface area contributed by atoms with Crippen LogP contribution in [0.5, 0.6) is 0 Å². The third-order valence-corrected chi connectivity index (χ3v) is 1.40. The summed E-state index contributed by atoms with van der Waals surface area (Å²) in [6.45, 7) is -3.35. The molecule has 0 bridgehead atoms. The Hall–Kier alpha value is -0.380. The molecule has 126 valence electrons. The van der Waals surface area contributed by atoms with Crippen molar-refractivity contribution in [3.8, 4) is 0 Å². The minimum absolute atomic E-state index is 0.864. The van der Waals surface area contributed by atoms with Gasteiger partial charge in [-0.2, -0.15) is 0 Å². The fraction of sp³-hybridized carbons (Fsp3) is 0.889. The number of hydrogen-bond acceptors (Lipinski definition) is 3. The number of hydrogen-bond donors (Lipinski definition) is 3. The maximum Gasteiger partial charge on any atom is 0.119 e. The van der Waals surface area contributed by atoms with Gasteiger partial charge in [0.15, 0.2) is 0 Å². The first-order valence-corrected chi connectivity index (χ1v) is 5.48. The molecule has 0 aliphatic rings. The van der Waals surface area contributed by atoms with Crippen LogP contribution in [0.15, 0.2) is 12.1 Å². The highest BCUT2D eigenvalue weighted by molar-refractivity contribution is 4.93. The average Bonchev–Trinajstić information content (AvgIpc) is 2.93. The molecule has 4 N–H and O–H groups in total. The fourth-order valence-corrected chi connectivity index (χ4v) is 0.616. The molecule has 3 nitrogen and oxygen atoms in total. The summed E-state index contributed by atoms with van der Waals surface area (Å²) in [4.78, 5) is 0. The second-order valence-corrected chi connectivity index (χ2v) is 2.84. The molecule has 0 unspecified atom stereocenters. The van der Waals surface area contributed by atoms with Gasteiger partial charge < -0.3 is 15.9 Å². The second-order valence-electron chi connectivity index (χ2n) is 2.84. The second kappa shape index (κ2) is 16.0. The zero-order chi connectivity index (χ0) is 42.4. The molecule has 0 aromatic rings. The molecule has 3 heteroatoms. The van der Waals surface area contributed by atoms with Gasteiger partial charge in [0.25, 0.3) is 0 Å². The topological polar surface area (TPSA) is 66.5 Å². The summed E-state index contributed by atoms with van der Waals surface area (Å²) in [6, 6.07) is -9.30. The van der Waals surface area contributed by atoms with Crippen molar-refractivity contribution >= 4 is 0 Å². The zero-order valence-electron chi connectivity index (χ0n) is 41.0. The van der Waals surface area contributed by atoms with Crippen molar-refractivity contribution < 1.29 is 51.4 Å². The molecule has 0 amide bonds. The molecule has 0 fully saturated rings. The van der Waals surface area contributed by atoms with Gasteiger partial charge in [0.1, 0.15) is 2.82 Å². The van der Waals surface area contributed by atoms with Gasteiger partial charge in [-0.1, -0.05) is 82.8 Å². The highest BCUT2D eigenvalue weighted by atomic mass is 16.3. The van der Waals surface area contributed by atoms with E-state index in [1.54, 1.807) is 0 Å². The highest BCUT2D eigenvalue weighted by Gasteiger charge is 2.08. The Morgan fingerprint density at radius 2 is 1.62 bits per heavy atom. The van der Waals surface area contributed by atoms with Crippen molar-refractivity contribution in [3.63, 3.8) is 0 Å². The molecule has 0 saturated carbocycles. The summed E-state index contributed by atoms with van der Waals surface area (Å²) >= 11 is 0. The normalized spacial score (nSPS) is 48.0. The Balaban J connectivity index is 7.72. The predicted molar refractivity (Wildman–Crippen MR) is 91.3 cm³/mol. The van der Waals surface area contributed by atoms with Crippen LogP contribution in [-0.4, -0.2) is 28.9 Å². The van der Waals surface area contributed by atoms with Crippen molar-refractivity contribution in [1.82, 2.24) is 0 Å². The molecule has 0 aliphatic heterocycles. The van der Waals surface area contributed by atoms with E-state index < -0.39 is 113 Å². The zero-order valence-corrected chi connectivity index (χ0v) is 11.0. The van der Waals surface area contributed by atoms with Crippen molar-refractivity contribution in [3.05, 3.63) is 12.1 Å². The van der Waals surface area contributed by atoms with E-state index in [1.807, 2.05) is 0 Å². The number of rotatable bonds is 16. The molecule has 0 heterocycles. The van der Waals surface area contributed by atoms with Gasteiger partial charge in [-0.05, 0) is 12.7 Å². The Morgan fingerprint density at radius 3 is 2.10 bits per heavy atom. The first-order valence-electron chi connectivity index (χ1n) is 20.4. The van der Waals surface area contributed by atoms with Crippen LogP contribution in [0.25, 0.3) is 0 Å². The van der Waals surface area contributed by atoms with Crippen LogP contribution in [0.2, 0.25) is 2.82 Å². The van der Waals surface area contributed by atoms with Crippen LogP contribution in [0.1, 0.15) is 122 Å². The summed E-state index contributed by atoms with van der Waals surface area (Å²) in [5.41, 5.74) is -1.20. The Kier molecular flexibility index (Phi) is 2.46. The molecule has 0 aromatic heterocycles. The minimum Gasteiger partial charge on any atom is -0.395 e. The first kappa shape index (κ1) is 3.22. The van der Waals surface area contributed by atoms with Crippen molar-refractivity contribution in [2.24, 2.45) is 5.72 Å². The van der Waals surface area contributed by atoms with Gasteiger partial charge in [-0.15, -0.1) is 0 Å². The van der Waals surface area contributed by atoms with Crippen LogP contribution < -0.4 is 5.72 Å². The largest absolute Gasteiger partial charge is 0.395 e. The van der Waals surface area contributed by atoms with Gasteiger partial charge in [0.2, 0.25) is 0 Å². The van der Waals surface area contributed by atoms with Gasteiger partial charge in [-0.3, -0.25) is 0 Å². The van der Waals surface area contributed by atoms with E-state index in [0.717, 1.165) is 6.92 Å². The molecule has 0 saturated heterocycles. The van der Waals surface area contributed by atoms with Crippen molar-refractivity contribution in [2.45, 2.75) is 95.5 Å². The summed E-state index contributed by atoms with van der Waals surface area (Å²) < 4.78 is 238. The Morgan fingerprint density at radius 1 is 1.10 bits per heavy atom. The van der Waals surface area contributed by atoms with Gasteiger partial charge in [0.05, 0.1) is 26.9 Å². The molecule has 0 spiro atoms. The van der Waals surface area contributed by atoms with E-state index in [9.17, 15) is 10.2 Å². The van der Waals surface area contributed by atoms with Crippen LogP contribution in [-0.2, 0) is 0 Å². The van der Waals surface area contributed by atoms with Crippen molar-refractivity contribution in [2.75, 3.05) is 6.56 Å². The van der Waals surface area contributed by atoms with Crippen molar-refractivity contribution in [1.29, 1.82) is 0 Å². The molecule has 0 aliphatic carbocycles. The molecular formula is C18H37NO2. The lowest BCUT2D eigenvalue weighted by Gasteiger charge is -2.11. The average molecular weight is 330 g/mol. The predicted octanol–water partition coefficient (Wildman–Crippen LogP) is 3.92. The maximum absolute atomic E-state index is 10.5. The minimum atomic E-state index is -5.01. The third kappa shape index (κ3) is 14.3. The lowest BCUT2D eigenvalue weighted by molar-refractivity contribution is 0.144. The van der Waals surface area contributed by atoms with E-state index in [0.29, 0.717) is 0 Å². The molecule has 0 aromatic carbocycles. The monoisotopic (exact) mass is 329 g/mol.